The molecule has 0 amide bonds. The summed E-state index contributed by atoms with van der Waals surface area (Å²) in [6.45, 7) is 20.2. The molecule has 0 radical (unpaired) electrons. The number of hydrogen-bond donors (Lipinski definition) is 0. The summed E-state index contributed by atoms with van der Waals surface area (Å²) in [5.74, 6) is 0. The van der Waals surface area contributed by atoms with Crippen LogP contribution < -0.4 is 0 Å². The molecular formula is C12H28N+. The molecule has 0 aromatic carbocycles. The van der Waals surface area contributed by atoms with E-state index in [4.69, 9.17) is 0 Å². The third kappa shape index (κ3) is 2.70. The summed E-state index contributed by atoms with van der Waals surface area (Å²) in [4.78, 5) is 0. The lowest BCUT2D eigenvalue weighted by molar-refractivity contribution is -0.951. The van der Waals surface area contributed by atoms with Crippen LogP contribution in [-0.4, -0.2) is 30.2 Å². The SMILES string of the molecule is CC[N+](CC)(CC)C(C)C(C)(C)C. The summed E-state index contributed by atoms with van der Waals surface area (Å²) in [5.41, 5.74) is 0.419. The first kappa shape index (κ1) is 13.0. The Morgan fingerprint density at radius 3 is 1.31 bits per heavy atom. The van der Waals surface area contributed by atoms with Crippen molar-refractivity contribution in [2.45, 2.75) is 54.5 Å². The molecule has 1 nitrogen and oxygen atoms in total. The monoisotopic (exact) mass is 186 g/mol. The molecule has 0 saturated carbocycles. The molecular weight excluding hydrogens is 158 g/mol. The summed E-state index contributed by atoms with van der Waals surface area (Å²) in [5, 5.41) is 0. The van der Waals surface area contributed by atoms with Gasteiger partial charge in [-0.15, -0.1) is 0 Å². The zero-order chi connectivity index (χ0) is 10.7. The molecule has 0 spiro atoms. The smallest absolute Gasteiger partial charge is 0.0910 e. The van der Waals surface area contributed by atoms with Gasteiger partial charge in [-0.1, -0.05) is 20.8 Å². The molecule has 1 unspecified atom stereocenters. The largest absolute Gasteiger partial charge is 0.322 e. The van der Waals surface area contributed by atoms with Crippen LogP contribution in [-0.2, 0) is 0 Å². The first-order valence-corrected chi connectivity index (χ1v) is 5.69. The molecule has 1 atom stereocenters. The Balaban J connectivity index is 4.73. The minimum absolute atomic E-state index is 0.419. The summed E-state index contributed by atoms with van der Waals surface area (Å²) in [7, 11) is 0. The molecule has 0 saturated heterocycles. The second-order valence-electron chi connectivity index (χ2n) is 5.21. The van der Waals surface area contributed by atoms with E-state index >= 15 is 0 Å². The van der Waals surface area contributed by atoms with Crippen LogP contribution >= 0.6 is 0 Å². The Labute approximate surface area is 84.7 Å². The van der Waals surface area contributed by atoms with Crippen molar-refractivity contribution >= 4 is 0 Å². The van der Waals surface area contributed by atoms with Crippen molar-refractivity contribution in [1.82, 2.24) is 0 Å². The number of hydrogen-bond acceptors (Lipinski definition) is 0. The van der Waals surface area contributed by atoms with Crippen molar-refractivity contribution in [3.05, 3.63) is 0 Å². The average molecular weight is 186 g/mol. The fourth-order valence-corrected chi connectivity index (χ4v) is 2.31. The zero-order valence-electron chi connectivity index (χ0n) is 10.6. The van der Waals surface area contributed by atoms with Gasteiger partial charge in [0.15, 0.2) is 0 Å². The van der Waals surface area contributed by atoms with Crippen LogP contribution in [0.3, 0.4) is 0 Å². The molecule has 13 heavy (non-hydrogen) atoms. The van der Waals surface area contributed by atoms with E-state index in [2.05, 4.69) is 48.5 Å². The third-order valence-corrected chi connectivity index (χ3v) is 3.96. The van der Waals surface area contributed by atoms with Crippen LogP contribution in [0.1, 0.15) is 48.5 Å². The van der Waals surface area contributed by atoms with Gasteiger partial charge in [0, 0.05) is 5.41 Å². The Hall–Kier alpha value is -0.0400. The highest BCUT2D eigenvalue weighted by Crippen LogP contribution is 2.29. The van der Waals surface area contributed by atoms with Crippen LogP contribution in [0, 0.1) is 5.41 Å². The maximum Gasteiger partial charge on any atom is 0.0910 e. The van der Waals surface area contributed by atoms with E-state index in [1.807, 2.05) is 0 Å². The van der Waals surface area contributed by atoms with Gasteiger partial charge in [-0.2, -0.15) is 0 Å². The normalized spacial score (nSPS) is 15.9. The number of quaternary nitrogens is 1. The van der Waals surface area contributed by atoms with Crippen molar-refractivity contribution in [2.24, 2.45) is 5.41 Å². The molecule has 0 aromatic heterocycles. The van der Waals surface area contributed by atoms with Gasteiger partial charge in [0.2, 0.25) is 0 Å². The molecule has 1 heteroatoms. The second-order valence-corrected chi connectivity index (χ2v) is 5.21. The molecule has 0 heterocycles. The van der Waals surface area contributed by atoms with Crippen molar-refractivity contribution < 1.29 is 4.48 Å². The highest BCUT2D eigenvalue weighted by Gasteiger charge is 2.36. The first-order valence-electron chi connectivity index (χ1n) is 5.69. The zero-order valence-corrected chi connectivity index (χ0v) is 10.6. The predicted octanol–water partition coefficient (Wildman–Crippen LogP) is 3.30. The summed E-state index contributed by atoms with van der Waals surface area (Å²) >= 11 is 0. The standard InChI is InChI=1S/C12H28N/c1-8-13(9-2,10-3)11(4)12(5,6)7/h11H,8-10H2,1-7H3/q+1. The predicted molar refractivity (Wildman–Crippen MR) is 60.8 cm³/mol. The second kappa shape index (κ2) is 4.45. The van der Waals surface area contributed by atoms with Crippen LogP contribution in [0.2, 0.25) is 0 Å². The summed E-state index contributed by atoms with van der Waals surface area (Å²) in [6.07, 6.45) is 0. The molecule has 0 aromatic rings. The van der Waals surface area contributed by atoms with Crippen molar-refractivity contribution in [3.63, 3.8) is 0 Å². The molecule has 0 rings (SSSR count). The van der Waals surface area contributed by atoms with Gasteiger partial charge in [-0.3, -0.25) is 0 Å². The highest BCUT2D eigenvalue weighted by atomic mass is 15.4. The molecule has 80 valence electrons. The van der Waals surface area contributed by atoms with Crippen LogP contribution in [0.15, 0.2) is 0 Å². The van der Waals surface area contributed by atoms with Gasteiger partial charge in [-0.25, -0.2) is 0 Å². The van der Waals surface area contributed by atoms with E-state index in [0.29, 0.717) is 5.41 Å². The average Bonchev–Trinajstić information content (AvgIpc) is 2.07. The molecule has 0 aliphatic rings. The van der Waals surface area contributed by atoms with Gasteiger partial charge >= 0.3 is 0 Å². The topological polar surface area (TPSA) is 0 Å². The van der Waals surface area contributed by atoms with Gasteiger partial charge in [0.05, 0.1) is 25.7 Å². The molecule has 0 fully saturated rings. The van der Waals surface area contributed by atoms with E-state index in [1.165, 1.54) is 24.1 Å². The summed E-state index contributed by atoms with van der Waals surface area (Å²) in [6, 6.07) is 0.743. The Bertz CT molecular complexity index is 131. The van der Waals surface area contributed by atoms with Crippen LogP contribution in [0.25, 0.3) is 0 Å². The Morgan fingerprint density at radius 1 is 0.923 bits per heavy atom. The van der Waals surface area contributed by atoms with Crippen molar-refractivity contribution in [1.29, 1.82) is 0 Å². The molecule has 0 aliphatic heterocycles. The van der Waals surface area contributed by atoms with E-state index in [9.17, 15) is 0 Å². The van der Waals surface area contributed by atoms with E-state index in [1.54, 1.807) is 0 Å². The molecule has 0 N–H and O–H groups in total. The Kier molecular flexibility index (Phi) is 4.44. The maximum absolute atomic E-state index is 2.40. The van der Waals surface area contributed by atoms with E-state index < -0.39 is 0 Å². The van der Waals surface area contributed by atoms with Crippen molar-refractivity contribution in [2.75, 3.05) is 19.6 Å². The summed E-state index contributed by atoms with van der Waals surface area (Å²) < 4.78 is 1.25. The fraction of sp³-hybridized carbons (Fsp3) is 1.00. The van der Waals surface area contributed by atoms with Gasteiger partial charge in [0.25, 0.3) is 0 Å². The van der Waals surface area contributed by atoms with E-state index in [-0.39, 0.29) is 0 Å². The lowest BCUT2D eigenvalue weighted by Gasteiger charge is -2.47. The number of nitrogens with zero attached hydrogens (tertiary/aromatic N) is 1. The van der Waals surface area contributed by atoms with Gasteiger partial charge < -0.3 is 4.48 Å². The minimum Gasteiger partial charge on any atom is -0.322 e. The van der Waals surface area contributed by atoms with Crippen LogP contribution in [0.4, 0.5) is 0 Å². The highest BCUT2D eigenvalue weighted by molar-refractivity contribution is 4.71. The van der Waals surface area contributed by atoms with Gasteiger partial charge in [0.1, 0.15) is 0 Å². The van der Waals surface area contributed by atoms with E-state index in [0.717, 1.165) is 6.04 Å². The quantitative estimate of drug-likeness (QED) is 0.591. The minimum atomic E-state index is 0.419. The maximum atomic E-state index is 2.40. The van der Waals surface area contributed by atoms with Crippen LogP contribution in [0.5, 0.6) is 0 Å². The lowest BCUT2D eigenvalue weighted by atomic mass is 9.85. The van der Waals surface area contributed by atoms with Crippen molar-refractivity contribution in [3.8, 4) is 0 Å². The lowest BCUT2D eigenvalue weighted by Crippen LogP contribution is -2.58. The van der Waals surface area contributed by atoms with Gasteiger partial charge in [-0.05, 0) is 27.7 Å². The number of rotatable bonds is 4. The fourth-order valence-electron chi connectivity index (χ4n) is 2.31. The molecule has 0 bridgehead atoms. The molecule has 0 aliphatic carbocycles. The third-order valence-electron chi connectivity index (χ3n) is 3.96. The first-order chi connectivity index (χ1) is 5.84. The Morgan fingerprint density at radius 2 is 1.23 bits per heavy atom.